The summed E-state index contributed by atoms with van der Waals surface area (Å²) < 4.78 is 6.75. The average Bonchev–Trinajstić information content (AvgIpc) is 3.64. The van der Waals surface area contributed by atoms with E-state index in [0.29, 0.717) is 0 Å². The fourth-order valence-electron chi connectivity index (χ4n) is 9.81. The van der Waals surface area contributed by atoms with Gasteiger partial charge in [-0.05, 0) is 92.9 Å². The van der Waals surface area contributed by atoms with Crippen LogP contribution in [-0.2, 0) is 10.8 Å². The second-order valence-electron chi connectivity index (χ2n) is 15.5. The highest BCUT2D eigenvalue weighted by Crippen LogP contribution is 2.62. The summed E-state index contributed by atoms with van der Waals surface area (Å²) in [5.41, 5.74) is 16.6. The molecule has 0 saturated carbocycles. The lowest BCUT2D eigenvalue weighted by Crippen LogP contribution is -2.37. The van der Waals surface area contributed by atoms with Crippen LogP contribution in [-0.4, -0.2) is 11.9 Å². The maximum atomic E-state index is 6.75. The molecule has 2 unspecified atom stereocenters. The van der Waals surface area contributed by atoms with E-state index in [2.05, 4.69) is 183 Å². The van der Waals surface area contributed by atoms with E-state index in [0.717, 1.165) is 40.5 Å². The van der Waals surface area contributed by atoms with E-state index >= 15 is 0 Å². The SMILES string of the molecule is CC1(C)c2ccccc2-c2ccc(C3=CC(c4ccc5c(c4)C4(c6ccccc6O5)c5ccccc5-c5ccccc54)=NC(C4C=CC=CC4)N3)cc21. The van der Waals surface area contributed by atoms with Gasteiger partial charge in [0.1, 0.15) is 17.7 Å². The van der Waals surface area contributed by atoms with Crippen LogP contribution >= 0.6 is 0 Å². The monoisotopic (exact) mass is 682 g/mol. The van der Waals surface area contributed by atoms with Gasteiger partial charge in [-0.2, -0.15) is 0 Å². The molecule has 5 aliphatic rings. The van der Waals surface area contributed by atoms with Gasteiger partial charge < -0.3 is 10.1 Å². The largest absolute Gasteiger partial charge is 0.457 e. The van der Waals surface area contributed by atoms with Crippen LogP contribution in [0.1, 0.15) is 64.8 Å². The highest BCUT2D eigenvalue weighted by Gasteiger charge is 2.51. The van der Waals surface area contributed by atoms with Crippen molar-refractivity contribution in [2.24, 2.45) is 10.9 Å². The minimum Gasteiger partial charge on any atom is -0.457 e. The van der Waals surface area contributed by atoms with Crippen LogP contribution in [0.2, 0.25) is 0 Å². The summed E-state index contributed by atoms with van der Waals surface area (Å²) in [5.74, 6) is 2.02. The summed E-state index contributed by atoms with van der Waals surface area (Å²) in [6, 6.07) is 48.9. The molecule has 0 bridgehead atoms. The molecule has 11 rings (SSSR count). The topological polar surface area (TPSA) is 33.6 Å². The van der Waals surface area contributed by atoms with Crippen molar-refractivity contribution in [3.8, 4) is 33.8 Å². The maximum absolute atomic E-state index is 6.75. The van der Waals surface area contributed by atoms with Crippen molar-refractivity contribution in [2.75, 3.05) is 0 Å². The van der Waals surface area contributed by atoms with E-state index in [1.165, 1.54) is 55.6 Å². The zero-order valence-corrected chi connectivity index (χ0v) is 29.8. The Kier molecular flexibility index (Phi) is 6.41. The van der Waals surface area contributed by atoms with Gasteiger partial charge in [0.25, 0.3) is 0 Å². The molecule has 1 N–H and O–H groups in total. The van der Waals surface area contributed by atoms with Crippen molar-refractivity contribution < 1.29 is 4.74 Å². The third-order valence-electron chi connectivity index (χ3n) is 12.3. The first-order valence-electron chi connectivity index (χ1n) is 18.8. The number of nitrogens with one attached hydrogen (secondary N) is 1. The maximum Gasteiger partial charge on any atom is 0.132 e. The first-order valence-corrected chi connectivity index (χ1v) is 18.8. The predicted octanol–water partition coefficient (Wildman–Crippen LogP) is 11.4. The summed E-state index contributed by atoms with van der Waals surface area (Å²) in [4.78, 5) is 5.49. The molecule has 2 atom stereocenters. The molecule has 3 nitrogen and oxygen atoms in total. The molecule has 0 amide bonds. The second kappa shape index (κ2) is 11.2. The number of hydrogen-bond donors (Lipinski definition) is 1. The summed E-state index contributed by atoms with van der Waals surface area (Å²) in [6.07, 6.45) is 11.9. The van der Waals surface area contributed by atoms with E-state index < -0.39 is 5.41 Å². The van der Waals surface area contributed by atoms with E-state index in [1.807, 2.05) is 0 Å². The van der Waals surface area contributed by atoms with Gasteiger partial charge in [0.15, 0.2) is 0 Å². The molecule has 6 aromatic carbocycles. The number of ether oxygens (including phenoxy) is 1. The molecule has 254 valence electrons. The first-order chi connectivity index (χ1) is 26.0. The number of aliphatic imine (C=N–C) groups is 1. The highest BCUT2D eigenvalue weighted by atomic mass is 16.5. The lowest BCUT2D eigenvalue weighted by atomic mass is 9.66. The van der Waals surface area contributed by atoms with Crippen LogP contribution in [0, 0.1) is 5.92 Å². The van der Waals surface area contributed by atoms with Crippen molar-refractivity contribution in [1.82, 2.24) is 5.32 Å². The van der Waals surface area contributed by atoms with E-state index in [9.17, 15) is 0 Å². The second-order valence-corrected chi connectivity index (χ2v) is 15.5. The minimum absolute atomic E-state index is 0.0820. The Labute approximate surface area is 310 Å². The van der Waals surface area contributed by atoms with Crippen LogP contribution in [0.25, 0.3) is 28.0 Å². The van der Waals surface area contributed by atoms with Crippen LogP contribution in [0.5, 0.6) is 11.5 Å². The van der Waals surface area contributed by atoms with Crippen molar-refractivity contribution in [3.63, 3.8) is 0 Å². The lowest BCUT2D eigenvalue weighted by molar-refractivity contribution is 0.436. The van der Waals surface area contributed by atoms with Gasteiger partial charge >= 0.3 is 0 Å². The molecule has 0 aromatic heterocycles. The Morgan fingerprint density at radius 2 is 1.19 bits per heavy atom. The number of fused-ring (bicyclic) bond motifs is 12. The molecular formula is C50H38N2O. The molecule has 0 fully saturated rings. The van der Waals surface area contributed by atoms with Gasteiger partial charge in [0, 0.05) is 33.7 Å². The fourth-order valence-corrected chi connectivity index (χ4v) is 9.81. The van der Waals surface area contributed by atoms with E-state index in [1.54, 1.807) is 0 Å². The average molecular weight is 683 g/mol. The summed E-state index contributed by atoms with van der Waals surface area (Å²) in [7, 11) is 0. The number of para-hydroxylation sites is 1. The van der Waals surface area contributed by atoms with Gasteiger partial charge in [-0.3, -0.25) is 4.99 Å². The standard InChI is InChI=1S/C50H38N2O/c1-49(2)38-19-9-6-16-34(38)37-26-24-32(28-42(37)49)44-30-45(52-48(51-44)31-14-4-3-5-15-31)33-25-27-47-43(29-33)50(41-22-12-13-23-46(41)53-47)39-20-10-7-17-35(39)36-18-8-11-21-40(36)50/h3-14,16-31,48,51H,15H2,1-2H3. The van der Waals surface area contributed by atoms with E-state index in [-0.39, 0.29) is 17.5 Å². The van der Waals surface area contributed by atoms with Gasteiger partial charge in [-0.25, -0.2) is 0 Å². The molecule has 53 heavy (non-hydrogen) atoms. The summed E-state index contributed by atoms with van der Waals surface area (Å²) in [5, 5.41) is 3.89. The molecule has 6 aromatic rings. The van der Waals surface area contributed by atoms with Crippen molar-refractivity contribution in [2.45, 2.75) is 37.3 Å². The molecule has 0 radical (unpaired) electrons. The summed E-state index contributed by atoms with van der Waals surface area (Å²) >= 11 is 0. The van der Waals surface area contributed by atoms with Crippen molar-refractivity contribution in [3.05, 3.63) is 208 Å². The number of hydrogen-bond acceptors (Lipinski definition) is 3. The molecule has 0 saturated heterocycles. The molecule has 2 aliphatic heterocycles. The van der Waals surface area contributed by atoms with E-state index in [4.69, 9.17) is 9.73 Å². The Hall–Kier alpha value is -6.19. The highest BCUT2D eigenvalue weighted by molar-refractivity contribution is 6.13. The van der Waals surface area contributed by atoms with Gasteiger partial charge in [-0.1, -0.05) is 141 Å². The third-order valence-corrected chi connectivity index (χ3v) is 12.3. The fraction of sp³-hybridized carbons (Fsp3) is 0.140. The van der Waals surface area contributed by atoms with Crippen LogP contribution < -0.4 is 10.1 Å². The number of benzene rings is 6. The quantitative estimate of drug-likeness (QED) is 0.201. The molecular weight excluding hydrogens is 645 g/mol. The van der Waals surface area contributed by atoms with Gasteiger partial charge in [0.2, 0.25) is 0 Å². The Balaban J connectivity index is 1.10. The molecule has 1 spiro atoms. The number of rotatable bonds is 3. The molecule has 3 heteroatoms. The smallest absolute Gasteiger partial charge is 0.132 e. The lowest BCUT2D eigenvalue weighted by Gasteiger charge is -2.39. The third kappa shape index (κ3) is 4.25. The van der Waals surface area contributed by atoms with Crippen molar-refractivity contribution in [1.29, 1.82) is 0 Å². The number of allylic oxidation sites excluding steroid dienone is 4. The Morgan fingerprint density at radius 1 is 0.585 bits per heavy atom. The first kappa shape index (κ1) is 30.4. The van der Waals surface area contributed by atoms with Gasteiger partial charge in [0.05, 0.1) is 11.1 Å². The minimum atomic E-state index is -0.524. The zero-order chi connectivity index (χ0) is 35.3. The Morgan fingerprint density at radius 3 is 1.92 bits per heavy atom. The number of nitrogens with zero attached hydrogens (tertiary/aromatic N) is 1. The van der Waals surface area contributed by atoms with Crippen LogP contribution in [0.15, 0.2) is 169 Å². The Bertz CT molecular complexity index is 2610. The van der Waals surface area contributed by atoms with Crippen molar-refractivity contribution >= 4 is 11.4 Å². The predicted molar refractivity (Wildman–Crippen MR) is 216 cm³/mol. The van der Waals surface area contributed by atoms with Crippen LogP contribution in [0.3, 0.4) is 0 Å². The van der Waals surface area contributed by atoms with Gasteiger partial charge in [-0.15, -0.1) is 0 Å². The molecule has 2 heterocycles. The molecule has 3 aliphatic carbocycles. The van der Waals surface area contributed by atoms with Crippen LogP contribution in [0.4, 0.5) is 0 Å². The summed E-state index contributed by atoms with van der Waals surface area (Å²) in [6.45, 7) is 4.70. The zero-order valence-electron chi connectivity index (χ0n) is 29.8. The normalized spacial score (nSPS) is 20.1.